The molecule has 0 aliphatic carbocycles. The predicted octanol–water partition coefficient (Wildman–Crippen LogP) is 0.903. The van der Waals surface area contributed by atoms with Gasteiger partial charge in [0, 0.05) is 6.61 Å². The van der Waals surface area contributed by atoms with Gasteiger partial charge in [0.2, 0.25) is 0 Å². The van der Waals surface area contributed by atoms with Gasteiger partial charge in [0.1, 0.15) is 0 Å². The van der Waals surface area contributed by atoms with Crippen molar-refractivity contribution in [3.63, 3.8) is 0 Å². The van der Waals surface area contributed by atoms with Crippen LogP contribution in [0.5, 0.6) is 0 Å². The Morgan fingerprint density at radius 1 is 1.42 bits per heavy atom. The maximum atomic E-state index is 10.3. The third kappa shape index (κ3) is 6.12. The van der Waals surface area contributed by atoms with Crippen molar-refractivity contribution in [3.05, 3.63) is 0 Å². The summed E-state index contributed by atoms with van der Waals surface area (Å²) in [6, 6.07) is 0. The van der Waals surface area contributed by atoms with E-state index in [9.17, 15) is 4.79 Å². The summed E-state index contributed by atoms with van der Waals surface area (Å²) < 4.78 is 10.0. The van der Waals surface area contributed by atoms with E-state index in [1.54, 1.807) is 0 Å². The second-order valence-corrected chi connectivity index (χ2v) is 2.46. The Hall–Kier alpha value is -0.610. The smallest absolute Gasteiger partial charge is 0.332 e. The fraction of sp³-hybridized carbons (Fsp3) is 0.875. The lowest BCUT2D eigenvalue weighted by atomic mass is 10.4. The van der Waals surface area contributed by atoms with Gasteiger partial charge in [-0.3, -0.25) is 0 Å². The standard InChI is InChI=1S/C8H16O4/c1-3-4-11-5-6-12-7(2)8(9)10/h7H,3-6H2,1-2H3,(H,9,10)/t7-/m0/s1. The highest BCUT2D eigenvalue weighted by atomic mass is 16.5. The number of carboxylic acids is 1. The number of aliphatic carboxylic acids is 1. The molecule has 0 saturated carbocycles. The molecule has 0 aliphatic heterocycles. The zero-order chi connectivity index (χ0) is 9.40. The Kier molecular flexibility index (Phi) is 6.70. The first kappa shape index (κ1) is 11.4. The van der Waals surface area contributed by atoms with Crippen molar-refractivity contribution >= 4 is 5.97 Å². The van der Waals surface area contributed by atoms with E-state index in [2.05, 4.69) is 0 Å². The van der Waals surface area contributed by atoms with Crippen molar-refractivity contribution in [1.82, 2.24) is 0 Å². The molecule has 0 aromatic carbocycles. The summed E-state index contributed by atoms with van der Waals surface area (Å²) in [5.41, 5.74) is 0. The van der Waals surface area contributed by atoms with Crippen LogP contribution in [0.3, 0.4) is 0 Å². The molecule has 0 spiro atoms. The second-order valence-electron chi connectivity index (χ2n) is 2.46. The molecule has 0 aliphatic rings. The molecular weight excluding hydrogens is 160 g/mol. The summed E-state index contributed by atoms with van der Waals surface area (Å²) in [4.78, 5) is 10.3. The zero-order valence-electron chi connectivity index (χ0n) is 7.58. The van der Waals surface area contributed by atoms with Crippen molar-refractivity contribution in [2.75, 3.05) is 19.8 Å². The van der Waals surface area contributed by atoms with Gasteiger partial charge >= 0.3 is 5.97 Å². The van der Waals surface area contributed by atoms with E-state index in [0.29, 0.717) is 19.8 Å². The molecule has 0 amide bonds. The highest BCUT2D eigenvalue weighted by molar-refractivity contribution is 5.71. The van der Waals surface area contributed by atoms with Crippen LogP contribution in [-0.4, -0.2) is 37.0 Å². The quantitative estimate of drug-likeness (QED) is 0.585. The predicted molar refractivity (Wildman–Crippen MR) is 44.2 cm³/mol. The molecule has 0 heterocycles. The van der Waals surface area contributed by atoms with E-state index in [1.165, 1.54) is 6.92 Å². The Bertz CT molecular complexity index is 124. The first-order valence-electron chi connectivity index (χ1n) is 4.10. The number of carbonyl (C=O) groups is 1. The minimum atomic E-state index is -0.939. The van der Waals surface area contributed by atoms with E-state index in [4.69, 9.17) is 14.6 Å². The average Bonchev–Trinajstić information content (AvgIpc) is 2.03. The molecule has 12 heavy (non-hydrogen) atoms. The normalized spacial score (nSPS) is 12.8. The van der Waals surface area contributed by atoms with Crippen LogP contribution in [0, 0.1) is 0 Å². The largest absolute Gasteiger partial charge is 0.479 e. The minimum Gasteiger partial charge on any atom is -0.479 e. The molecule has 1 N–H and O–H groups in total. The Balaban J connectivity index is 3.14. The molecule has 0 radical (unpaired) electrons. The van der Waals surface area contributed by atoms with Crippen molar-refractivity contribution in [2.45, 2.75) is 26.4 Å². The number of hydrogen-bond acceptors (Lipinski definition) is 3. The molecular formula is C8H16O4. The molecule has 0 bridgehead atoms. The molecule has 0 aromatic rings. The Labute approximate surface area is 72.5 Å². The maximum absolute atomic E-state index is 10.3. The molecule has 0 saturated heterocycles. The van der Waals surface area contributed by atoms with Crippen LogP contribution in [0.1, 0.15) is 20.3 Å². The first-order chi connectivity index (χ1) is 5.68. The summed E-state index contributed by atoms with van der Waals surface area (Å²) in [6.45, 7) is 5.02. The number of hydrogen-bond donors (Lipinski definition) is 1. The fourth-order valence-electron chi connectivity index (χ4n) is 0.602. The summed E-state index contributed by atoms with van der Waals surface area (Å²) >= 11 is 0. The molecule has 4 heteroatoms. The molecule has 0 fully saturated rings. The van der Waals surface area contributed by atoms with Gasteiger partial charge in [-0.25, -0.2) is 4.79 Å². The SMILES string of the molecule is CCCOCCO[C@@H](C)C(=O)O. The van der Waals surface area contributed by atoms with Crippen molar-refractivity contribution in [3.8, 4) is 0 Å². The highest BCUT2D eigenvalue weighted by Gasteiger charge is 2.09. The van der Waals surface area contributed by atoms with Gasteiger partial charge in [-0.15, -0.1) is 0 Å². The van der Waals surface area contributed by atoms with Gasteiger partial charge < -0.3 is 14.6 Å². The molecule has 1 atom stereocenters. The number of rotatable bonds is 7. The minimum absolute atomic E-state index is 0.341. The summed E-state index contributed by atoms with van der Waals surface area (Å²) in [7, 11) is 0. The van der Waals surface area contributed by atoms with E-state index < -0.39 is 12.1 Å². The third-order valence-corrected chi connectivity index (χ3v) is 1.29. The molecule has 4 nitrogen and oxygen atoms in total. The lowest BCUT2D eigenvalue weighted by Gasteiger charge is -2.07. The van der Waals surface area contributed by atoms with E-state index >= 15 is 0 Å². The number of carboxylic acid groups (broad SMARTS) is 1. The lowest BCUT2D eigenvalue weighted by Crippen LogP contribution is -2.21. The average molecular weight is 176 g/mol. The van der Waals surface area contributed by atoms with Gasteiger partial charge in [-0.1, -0.05) is 6.92 Å². The Morgan fingerprint density at radius 3 is 2.58 bits per heavy atom. The van der Waals surface area contributed by atoms with E-state index in [-0.39, 0.29) is 0 Å². The molecule has 72 valence electrons. The summed E-state index contributed by atoms with van der Waals surface area (Å²) in [6.07, 6.45) is 0.226. The molecule has 0 rings (SSSR count). The highest BCUT2D eigenvalue weighted by Crippen LogP contribution is 1.90. The summed E-state index contributed by atoms with van der Waals surface area (Å²) in [5, 5.41) is 8.42. The van der Waals surface area contributed by atoms with Gasteiger partial charge in [0.05, 0.1) is 13.2 Å². The molecule has 0 unspecified atom stereocenters. The monoisotopic (exact) mass is 176 g/mol. The van der Waals surface area contributed by atoms with Crippen LogP contribution >= 0.6 is 0 Å². The fourth-order valence-corrected chi connectivity index (χ4v) is 0.602. The van der Waals surface area contributed by atoms with Crippen LogP contribution in [-0.2, 0) is 14.3 Å². The summed E-state index contributed by atoms with van der Waals surface area (Å²) in [5.74, 6) is -0.939. The van der Waals surface area contributed by atoms with Gasteiger partial charge in [-0.05, 0) is 13.3 Å². The van der Waals surface area contributed by atoms with Crippen LogP contribution < -0.4 is 0 Å². The lowest BCUT2D eigenvalue weighted by molar-refractivity contribution is -0.149. The number of ether oxygens (including phenoxy) is 2. The topological polar surface area (TPSA) is 55.8 Å². The van der Waals surface area contributed by atoms with Crippen molar-refractivity contribution < 1.29 is 19.4 Å². The van der Waals surface area contributed by atoms with Crippen molar-refractivity contribution in [1.29, 1.82) is 0 Å². The van der Waals surface area contributed by atoms with Crippen LogP contribution in [0.25, 0.3) is 0 Å². The van der Waals surface area contributed by atoms with E-state index in [1.807, 2.05) is 6.92 Å². The maximum Gasteiger partial charge on any atom is 0.332 e. The van der Waals surface area contributed by atoms with Crippen LogP contribution in [0.4, 0.5) is 0 Å². The first-order valence-corrected chi connectivity index (χ1v) is 4.10. The molecule has 0 aromatic heterocycles. The van der Waals surface area contributed by atoms with Gasteiger partial charge in [0.15, 0.2) is 6.10 Å². The third-order valence-electron chi connectivity index (χ3n) is 1.29. The zero-order valence-corrected chi connectivity index (χ0v) is 7.58. The van der Waals surface area contributed by atoms with Gasteiger partial charge in [-0.2, -0.15) is 0 Å². The van der Waals surface area contributed by atoms with Crippen molar-refractivity contribution in [2.24, 2.45) is 0 Å². The van der Waals surface area contributed by atoms with Crippen LogP contribution in [0.15, 0.2) is 0 Å². The van der Waals surface area contributed by atoms with Gasteiger partial charge in [0.25, 0.3) is 0 Å². The van der Waals surface area contributed by atoms with Crippen LogP contribution in [0.2, 0.25) is 0 Å². The van der Waals surface area contributed by atoms with E-state index in [0.717, 1.165) is 6.42 Å². The second kappa shape index (κ2) is 7.06. The Morgan fingerprint density at radius 2 is 2.08 bits per heavy atom.